The molecular weight excluding hydrogens is 368 g/mol. The van der Waals surface area contributed by atoms with Gasteiger partial charge in [-0.2, -0.15) is 0 Å². The molecule has 0 unspecified atom stereocenters. The Morgan fingerprint density at radius 1 is 1.07 bits per heavy atom. The van der Waals surface area contributed by atoms with E-state index in [1.165, 1.54) is 11.3 Å². The van der Waals surface area contributed by atoms with E-state index in [1.54, 1.807) is 22.6 Å². The number of hydrogen-bond donors (Lipinski definition) is 0. The molecule has 8 nitrogen and oxygen atoms in total. The first-order valence-corrected chi connectivity index (χ1v) is 9.95. The fourth-order valence-corrected chi connectivity index (χ4v) is 4.02. The number of carbonyl (C=O) groups excluding carboxylic acids is 2. The lowest BCUT2D eigenvalue weighted by Gasteiger charge is -2.35. The summed E-state index contributed by atoms with van der Waals surface area (Å²) in [4.78, 5) is 35.2. The molecule has 0 saturated carbocycles. The number of thiazole rings is 1. The van der Waals surface area contributed by atoms with Crippen LogP contribution in [0, 0.1) is 0 Å². The van der Waals surface area contributed by atoms with Crippen molar-refractivity contribution in [2.24, 2.45) is 0 Å². The molecule has 2 aromatic rings. The van der Waals surface area contributed by atoms with Gasteiger partial charge in [0.1, 0.15) is 5.69 Å². The lowest BCUT2D eigenvalue weighted by molar-refractivity contribution is -0.136. The average Bonchev–Trinajstić information content (AvgIpc) is 3.40. The molecule has 2 saturated heterocycles. The third-order valence-electron chi connectivity index (χ3n) is 4.84. The zero-order valence-electron chi connectivity index (χ0n) is 15.0. The van der Waals surface area contributed by atoms with Crippen molar-refractivity contribution in [1.29, 1.82) is 0 Å². The standard InChI is InChI=1S/C18H22N4O4S/c23-16(21-7-10-25-11-8-21)12-20-3-5-22(6-4-20)18(24)14-13-27-17(19-14)15-2-1-9-26-15/h1-2,9,13H,3-8,10-12H2. The van der Waals surface area contributed by atoms with Crippen molar-refractivity contribution in [2.45, 2.75) is 0 Å². The maximum Gasteiger partial charge on any atom is 0.273 e. The Balaban J connectivity index is 1.28. The number of carbonyl (C=O) groups is 2. The van der Waals surface area contributed by atoms with Crippen molar-refractivity contribution in [2.75, 3.05) is 59.0 Å². The van der Waals surface area contributed by atoms with Crippen LogP contribution in [0.25, 0.3) is 10.8 Å². The number of aromatic nitrogens is 1. The summed E-state index contributed by atoms with van der Waals surface area (Å²) in [7, 11) is 0. The average molecular weight is 390 g/mol. The van der Waals surface area contributed by atoms with Crippen LogP contribution in [0.4, 0.5) is 0 Å². The molecule has 2 aliphatic rings. The third-order valence-corrected chi connectivity index (χ3v) is 5.69. The largest absolute Gasteiger partial charge is 0.462 e. The minimum absolute atomic E-state index is 0.0665. The number of amides is 2. The van der Waals surface area contributed by atoms with E-state index in [9.17, 15) is 9.59 Å². The highest BCUT2D eigenvalue weighted by atomic mass is 32.1. The Hall–Kier alpha value is -2.23. The highest BCUT2D eigenvalue weighted by Gasteiger charge is 2.26. The van der Waals surface area contributed by atoms with E-state index in [2.05, 4.69) is 9.88 Å². The third kappa shape index (κ3) is 4.20. The first-order chi connectivity index (χ1) is 13.2. The van der Waals surface area contributed by atoms with Crippen molar-refractivity contribution in [3.63, 3.8) is 0 Å². The van der Waals surface area contributed by atoms with Gasteiger partial charge in [-0.05, 0) is 12.1 Å². The topological polar surface area (TPSA) is 79.1 Å². The van der Waals surface area contributed by atoms with Crippen LogP contribution in [0.3, 0.4) is 0 Å². The Bertz CT molecular complexity index is 777. The molecule has 27 heavy (non-hydrogen) atoms. The van der Waals surface area contributed by atoms with Crippen LogP contribution in [0.1, 0.15) is 10.5 Å². The molecule has 0 spiro atoms. The maximum absolute atomic E-state index is 12.7. The summed E-state index contributed by atoms with van der Waals surface area (Å²) in [6.07, 6.45) is 1.59. The second-order valence-electron chi connectivity index (χ2n) is 6.58. The van der Waals surface area contributed by atoms with Crippen molar-refractivity contribution < 1.29 is 18.7 Å². The molecule has 144 valence electrons. The monoisotopic (exact) mass is 390 g/mol. The number of furan rings is 1. The number of morpholine rings is 1. The molecular formula is C18H22N4O4S. The Kier molecular flexibility index (Phi) is 5.51. The van der Waals surface area contributed by atoms with Crippen LogP contribution < -0.4 is 0 Å². The van der Waals surface area contributed by atoms with Gasteiger partial charge in [-0.25, -0.2) is 4.98 Å². The summed E-state index contributed by atoms with van der Waals surface area (Å²) < 4.78 is 10.6. The van der Waals surface area contributed by atoms with Gasteiger partial charge in [-0.15, -0.1) is 11.3 Å². The van der Waals surface area contributed by atoms with E-state index >= 15 is 0 Å². The zero-order chi connectivity index (χ0) is 18.6. The van der Waals surface area contributed by atoms with Gasteiger partial charge in [0.15, 0.2) is 10.8 Å². The predicted molar refractivity (Wildman–Crippen MR) is 99.6 cm³/mol. The van der Waals surface area contributed by atoms with Crippen molar-refractivity contribution in [3.05, 3.63) is 29.5 Å². The van der Waals surface area contributed by atoms with Crippen LogP contribution >= 0.6 is 11.3 Å². The van der Waals surface area contributed by atoms with Gasteiger partial charge in [-0.3, -0.25) is 14.5 Å². The summed E-state index contributed by atoms with van der Waals surface area (Å²) >= 11 is 1.40. The van der Waals surface area contributed by atoms with Crippen LogP contribution in [-0.4, -0.2) is 90.5 Å². The summed E-state index contributed by atoms with van der Waals surface area (Å²) in [5.41, 5.74) is 0.448. The Labute approximate surface area is 161 Å². The van der Waals surface area contributed by atoms with Gasteiger partial charge in [0.05, 0.1) is 26.0 Å². The van der Waals surface area contributed by atoms with Gasteiger partial charge >= 0.3 is 0 Å². The Morgan fingerprint density at radius 2 is 1.85 bits per heavy atom. The molecule has 9 heteroatoms. The number of piperazine rings is 1. The van der Waals surface area contributed by atoms with E-state index in [1.807, 2.05) is 11.0 Å². The molecule has 2 aliphatic heterocycles. The van der Waals surface area contributed by atoms with Crippen molar-refractivity contribution in [1.82, 2.24) is 19.7 Å². The first kappa shape index (κ1) is 18.1. The molecule has 0 atom stereocenters. The zero-order valence-corrected chi connectivity index (χ0v) is 15.8. The Morgan fingerprint density at radius 3 is 2.56 bits per heavy atom. The van der Waals surface area contributed by atoms with Crippen LogP contribution in [0.5, 0.6) is 0 Å². The summed E-state index contributed by atoms with van der Waals surface area (Å²) in [5, 5.41) is 2.48. The normalized spacial score (nSPS) is 18.7. The summed E-state index contributed by atoms with van der Waals surface area (Å²) in [5.74, 6) is 0.745. The summed E-state index contributed by atoms with van der Waals surface area (Å²) in [6.45, 7) is 5.54. The number of rotatable bonds is 4. The lowest BCUT2D eigenvalue weighted by atomic mass is 10.2. The van der Waals surface area contributed by atoms with Crippen LogP contribution in [0.2, 0.25) is 0 Å². The lowest BCUT2D eigenvalue weighted by Crippen LogP contribution is -2.52. The smallest absolute Gasteiger partial charge is 0.273 e. The van der Waals surface area contributed by atoms with Gasteiger partial charge in [0, 0.05) is 44.6 Å². The van der Waals surface area contributed by atoms with E-state index in [0.29, 0.717) is 75.5 Å². The minimum Gasteiger partial charge on any atom is -0.462 e. The van der Waals surface area contributed by atoms with Gasteiger partial charge in [0.25, 0.3) is 5.91 Å². The van der Waals surface area contributed by atoms with Crippen LogP contribution in [0.15, 0.2) is 28.2 Å². The SMILES string of the molecule is O=C(CN1CCN(C(=O)c2csc(-c3ccco3)n2)CC1)N1CCOCC1. The molecule has 2 aromatic heterocycles. The maximum atomic E-state index is 12.7. The fraction of sp³-hybridized carbons (Fsp3) is 0.500. The van der Waals surface area contributed by atoms with E-state index < -0.39 is 0 Å². The number of nitrogens with zero attached hydrogens (tertiary/aromatic N) is 4. The molecule has 4 rings (SSSR count). The highest BCUT2D eigenvalue weighted by Crippen LogP contribution is 2.24. The minimum atomic E-state index is -0.0665. The van der Waals surface area contributed by atoms with E-state index in [0.717, 1.165) is 0 Å². The molecule has 4 heterocycles. The van der Waals surface area contributed by atoms with Crippen molar-refractivity contribution in [3.8, 4) is 10.8 Å². The second kappa shape index (κ2) is 8.20. The molecule has 0 radical (unpaired) electrons. The second-order valence-corrected chi connectivity index (χ2v) is 7.43. The van der Waals surface area contributed by atoms with Crippen molar-refractivity contribution >= 4 is 23.2 Å². The molecule has 0 N–H and O–H groups in total. The highest BCUT2D eigenvalue weighted by molar-refractivity contribution is 7.13. The number of hydrogen-bond acceptors (Lipinski definition) is 7. The summed E-state index contributed by atoms with van der Waals surface area (Å²) in [6, 6.07) is 3.63. The van der Waals surface area contributed by atoms with Gasteiger partial charge in [-0.1, -0.05) is 0 Å². The van der Waals surface area contributed by atoms with E-state index in [-0.39, 0.29) is 11.8 Å². The molecule has 0 bridgehead atoms. The van der Waals surface area contributed by atoms with Crippen LogP contribution in [-0.2, 0) is 9.53 Å². The molecule has 2 fully saturated rings. The van der Waals surface area contributed by atoms with Gasteiger partial charge in [0.2, 0.25) is 5.91 Å². The van der Waals surface area contributed by atoms with Gasteiger partial charge < -0.3 is 19.0 Å². The quantitative estimate of drug-likeness (QED) is 0.776. The fourth-order valence-electron chi connectivity index (χ4n) is 3.26. The number of ether oxygens (including phenoxy) is 1. The molecule has 2 amide bonds. The predicted octanol–water partition coefficient (Wildman–Crippen LogP) is 1.02. The molecule has 0 aromatic carbocycles. The first-order valence-electron chi connectivity index (χ1n) is 9.07. The van der Waals surface area contributed by atoms with E-state index in [4.69, 9.17) is 9.15 Å². The molecule has 0 aliphatic carbocycles.